The molecule has 1 atom stereocenters. The molecule has 0 aliphatic rings. The monoisotopic (exact) mass is 269 g/mol. The molecule has 0 radical (unpaired) electrons. The summed E-state index contributed by atoms with van der Waals surface area (Å²) in [6.45, 7) is 10.8. The van der Waals surface area contributed by atoms with E-state index >= 15 is 0 Å². The highest BCUT2D eigenvalue weighted by molar-refractivity contribution is 5.28. The van der Waals surface area contributed by atoms with Crippen LogP contribution in [0.5, 0.6) is 0 Å². The molecule has 0 bridgehead atoms. The molecule has 0 saturated heterocycles. The zero-order valence-corrected chi connectivity index (χ0v) is 12.8. The Hall–Kier alpha value is -1.07. The first-order valence-electron chi connectivity index (χ1n) is 7.01. The SMILES string of the molecule is CCC(C)N(CCOC)c1nc(CNC(C)C)co1. The van der Waals surface area contributed by atoms with Gasteiger partial charge in [0.1, 0.15) is 6.26 Å². The van der Waals surface area contributed by atoms with Crippen molar-refractivity contribution < 1.29 is 9.15 Å². The third kappa shape index (κ3) is 5.20. The van der Waals surface area contributed by atoms with Gasteiger partial charge in [-0.3, -0.25) is 0 Å². The Labute approximate surface area is 116 Å². The average Bonchev–Trinajstić information content (AvgIpc) is 2.85. The average molecular weight is 269 g/mol. The Morgan fingerprint density at radius 3 is 2.74 bits per heavy atom. The largest absolute Gasteiger partial charge is 0.432 e. The van der Waals surface area contributed by atoms with Crippen molar-refractivity contribution in [3.05, 3.63) is 12.0 Å². The van der Waals surface area contributed by atoms with Crippen molar-refractivity contribution in [2.45, 2.75) is 52.7 Å². The minimum atomic E-state index is 0.389. The van der Waals surface area contributed by atoms with E-state index in [1.54, 1.807) is 13.4 Å². The van der Waals surface area contributed by atoms with Crippen LogP contribution in [0.25, 0.3) is 0 Å². The van der Waals surface area contributed by atoms with E-state index in [0.717, 1.165) is 25.2 Å². The number of aromatic nitrogens is 1. The fourth-order valence-corrected chi connectivity index (χ4v) is 1.73. The lowest BCUT2D eigenvalue weighted by Gasteiger charge is -2.26. The molecule has 0 amide bonds. The predicted octanol–water partition coefficient (Wildman–Crippen LogP) is 2.42. The highest BCUT2D eigenvalue weighted by Gasteiger charge is 2.18. The van der Waals surface area contributed by atoms with Crippen molar-refractivity contribution in [1.29, 1.82) is 0 Å². The molecular formula is C14H27N3O2. The lowest BCUT2D eigenvalue weighted by molar-refractivity contribution is 0.201. The highest BCUT2D eigenvalue weighted by Crippen LogP contribution is 2.17. The Balaban J connectivity index is 2.67. The van der Waals surface area contributed by atoms with Crippen LogP contribution in [0.1, 0.15) is 39.8 Å². The molecule has 1 unspecified atom stereocenters. The standard InChI is InChI=1S/C14H27N3O2/c1-6-12(4)17(7-8-18-5)14-16-13(10-19-14)9-15-11(2)3/h10-12,15H,6-9H2,1-5H3. The van der Waals surface area contributed by atoms with E-state index < -0.39 is 0 Å². The number of hydrogen-bond donors (Lipinski definition) is 1. The lowest BCUT2D eigenvalue weighted by atomic mass is 10.2. The van der Waals surface area contributed by atoms with Gasteiger partial charge in [-0.05, 0) is 13.3 Å². The van der Waals surface area contributed by atoms with E-state index in [1.165, 1.54) is 0 Å². The molecule has 110 valence electrons. The van der Waals surface area contributed by atoms with E-state index in [-0.39, 0.29) is 0 Å². The molecule has 5 heteroatoms. The quantitative estimate of drug-likeness (QED) is 0.746. The fraction of sp³-hybridized carbons (Fsp3) is 0.786. The Kier molecular flexibility index (Phi) is 6.87. The first kappa shape index (κ1) is 16.0. The van der Waals surface area contributed by atoms with Gasteiger partial charge in [0.2, 0.25) is 0 Å². The predicted molar refractivity (Wildman–Crippen MR) is 77.5 cm³/mol. The van der Waals surface area contributed by atoms with Gasteiger partial charge >= 0.3 is 0 Å². The Morgan fingerprint density at radius 1 is 1.42 bits per heavy atom. The van der Waals surface area contributed by atoms with Crippen molar-refractivity contribution in [1.82, 2.24) is 10.3 Å². The van der Waals surface area contributed by atoms with Crippen LogP contribution >= 0.6 is 0 Å². The van der Waals surface area contributed by atoms with Gasteiger partial charge in [-0.25, -0.2) is 0 Å². The van der Waals surface area contributed by atoms with E-state index in [0.29, 0.717) is 24.7 Å². The van der Waals surface area contributed by atoms with Crippen LogP contribution in [-0.2, 0) is 11.3 Å². The van der Waals surface area contributed by atoms with E-state index in [1.807, 2.05) is 0 Å². The molecule has 1 aromatic rings. The summed E-state index contributed by atoms with van der Waals surface area (Å²) in [7, 11) is 1.71. The molecule has 1 rings (SSSR count). The van der Waals surface area contributed by atoms with Gasteiger partial charge in [-0.1, -0.05) is 20.8 Å². The second-order valence-corrected chi connectivity index (χ2v) is 5.10. The molecule has 1 N–H and O–H groups in total. The number of oxazole rings is 1. The van der Waals surface area contributed by atoms with Gasteiger partial charge in [-0.15, -0.1) is 0 Å². The molecule has 0 aliphatic heterocycles. The summed E-state index contributed by atoms with van der Waals surface area (Å²) in [4.78, 5) is 6.70. The van der Waals surface area contributed by atoms with Gasteiger partial charge < -0.3 is 19.4 Å². The third-order valence-electron chi connectivity index (χ3n) is 3.14. The van der Waals surface area contributed by atoms with Gasteiger partial charge in [0, 0.05) is 32.3 Å². The summed E-state index contributed by atoms with van der Waals surface area (Å²) < 4.78 is 10.7. The maximum absolute atomic E-state index is 5.60. The molecule has 0 saturated carbocycles. The molecule has 1 heterocycles. The molecule has 5 nitrogen and oxygen atoms in total. The zero-order valence-electron chi connectivity index (χ0n) is 12.8. The lowest BCUT2D eigenvalue weighted by Crippen LogP contribution is -2.35. The van der Waals surface area contributed by atoms with Gasteiger partial charge in [0.05, 0.1) is 12.3 Å². The molecule has 0 fully saturated rings. The number of anilines is 1. The second-order valence-electron chi connectivity index (χ2n) is 5.10. The second kappa shape index (κ2) is 8.17. The maximum atomic E-state index is 5.60. The van der Waals surface area contributed by atoms with Crippen LogP contribution in [0.2, 0.25) is 0 Å². The van der Waals surface area contributed by atoms with E-state index in [9.17, 15) is 0 Å². The number of hydrogen-bond acceptors (Lipinski definition) is 5. The molecule has 0 aromatic carbocycles. The minimum Gasteiger partial charge on any atom is -0.432 e. The van der Waals surface area contributed by atoms with Crippen LogP contribution in [0.4, 0.5) is 6.01 Å². The zero-order chi connectivity index (χ0) is 14.3. The third-order valence-corrected chi connectivity index (χ3v) is 3.14. The highest BCUT2D eigenvalue weighted by atomic mass is 16.5. The Bertz CT molecular complexity index is 352. The molecule has 0 spiro atoms. The number of nitrogens with one attached hydrogen (secondary N) is 1. The van der Waals surface area contributed by atoms with Crippen molar-refractivity contribution in [3.63, 3.8) is 0 Å². The number of ether oxygens (including phenoxy) is 1. The van der Waals surface area contributed by atoms with Crippen LogP contribution in [0.15, 0.2) is 10.7 Å². The van der Waals surface area contributed by atoms with Crippen LogP contribution < -0.4 is 10.2 Å². The van der Waals surface area contributed by atoms with Crippen LogP contribution in [0, 0.1) is 0 Å². The van der Waals surface area contributed by atoms with Crippen LogP contribution in [-0.4, -0.2) is 37.3 Å². The molecule has 0 aliphatic carbocycles. The fourth-order valence-electron chi connectivity index (χ4n) is 1.73. The van der Waals surface area contributed by atoms with Gasteiger partial charge in [0.25, 0.3) is 6.01 Å². The molecular weight excluding hydrogens is 242 g/mol. The number of methoxy groups -OCH3 is 1. The molecule has 1 aromatic heterocycles. The first-order chi connectivity index (χ1) is 9.08. The van der Waals surface area contributed by atoms with Crippen LogP contribution in [0.3, 0.4) is 0 Å². The summed E-state index contributed by atoms with van der Waals surface area (Å²) in [5, 5.41) is 3.33. The Morgan fingerprint density at radius 2 is 2.16 bits per heavy atom. The van der Waals surface area contributed by atoms with Crippen molar-refractivity contribution in [2.24, 2.45) is 0 Å². The van der Waals surface area contributed by atoms with Crippen molar-refractivity contribution >= 4 is 6.01 Å². The van der Waals surface area contributed by atoms with Crippen molar-refractivity contribution in [3.8, 4) is 0 Å². The van der Waals surface area contributed by atoms with E-state index in [2.05, 4.69) is 42.9 Å². The smallest absolute Gasteiger partial charge is 0.297 e. The number of rotatable bonds is 9. The summed E-state index contributed by atoms with van der Waals surface area (Å²) in [6, 6.07) is 1.52. The van der Waals surface area contributed by atoms with Gasteiger partial charge in [0.15, 0.2) is 0 Å². The minimum absolute atomic E-state index is 0.389. The van der Waals surface area contributed by atoms with E-state index in [4.69, 9.17) is 9.15 Å². The summed E-state index contributed by atoms with van der Waals surface area (Å²) in [5.74, 6) is 0. The topological polar surface area (TPSA) is 50.5 Å². The normalized spacial score (nSPS) is 12.9. The summed E-state index contributed by atoms with van der Waals surface area (Å²) in [6.07, 6.45) is 2.78. The number of nitrogens with zero attached hydrogens (tertiary/aromatic N) is 2. The molecule has 19 heavy (non-hydrogen) atoms. The first-order valence-corrected chi connectivity index (χ1v) is 7.01. The van der Waals surface area contributed by atoms with Crippen molar-refractivity contribution in [2.75, 3.05) is 25.2 Å². The van der Waals surface area contributed by atoms with Gasteiger partial charge in [-0.2, -0.15) is 4.98 Å². The summed E-state index contributed by atoms with van der Waals surface area (Å²) in [5.41, 5.74) is 0.939. The summed E-state index contributed by atoms with van der Waals surface area (Å²) >= 11 is 0. The maximum Gasteiger partial charge on any atom is 0.297 e.